The molecule has 2 aliphatic rings. The summed E-state index contributed by atoms with van der Waals surface area (Å²) in [6, 6.07) is 7.29. The first-order valence-corrected chi connectivity index (χ1v) is 7.31. The topological polar surface area (TPSA) is 68.3 Å². The van der Waals surface area contributed by atoms with Crippen LogP contribution >= 0.6 is 0 Å². The van der Waals surface area contributed by atoms with Gasteiger partial charge in [0.05, 0.1) is 29.5 Å². The lowest BCUT2D eigenvalue weighted by Crippen LogP contribution is -2.41. The zero-order chi connectivity index (χ0) is 14.0. The molecule has 1 unspecified atom stereocenters. The fourth-order valence-corrected chi connectivity index (χ4v) is 3.36. The van der Waals surface area contributed by atoms with Gasteiger partial charge in [0, 0.05) is 12.8 Å². The van der Waals surface area contributed by atoms with Crippen LogP contribution in [0.4, 0.5) is 5.69 Å². The molecule has 1 atom stereocenters. The minimum atomic E-state index is 0.0459. The first-order valence-electron chi connectivity index (χ1n) is 7.31. The fourth-order valence-electron chi connectivity index (χ4n) is 3.36. The third-order valence-corrected chi connectivity index (χ3v) is 4.40. The second-order valence-corrected chi connectivity index (χ2v) is 5.84. The molecule has 4 heteroatoms. The molecule has 2 N–H and O–H groups in total. The Labute approximate surface area is 119 Å². The van der Waals surface area contributed by atoms with E-state index in [1.165, 1.54) is 12.8 Å². The minimum absolute atomic E-state index is 0.0459. The lowest BCUT2D eigenvalue weighted by atomic mass is 9.90. The number of nitrogen functional groups attached to an aromatic ring is 1. The fraction of sp³-hybridized carbons (Fsp3) is 0.562. The van der Waals surface area contributed by atoms with Gasteiger partial charge in [-0.3, -0.25) is 0 Å². The molecule has 1 aliphatic carbocycles. The van der Waals surface area contributed by atoms with E-state index in [2.05, 4.69) is 6.07 Å². The van der Waals surface area contributed by atoms with Gasteiger partial charge in [-0.05, 0) is 31.0 Å². The van der Waals surface area contributed by atoms with Crippen molar-refractivity contribution < 1.29 is 9.47 Å². The summed E-state index contributed by atoms with van der Waals surface area (Å²) >= 11 is 0. The van der Waals surface area contributed by atoms with Crippen LogP contribution in [0.3, 0.4) is 0 Å². The number of benzene rings is 1. The predicted molar refractivity (Wildman–Crippen MR) is 76.4 cm³/mol. The van der Waals surface area contributed by atoms with Crippen LogP contribution in [-0.4, -0.2) is 18.3 Å². The largest absolute Gasteiger partial charge is 0.488 e. The van der Waals surface area contributed by atoms with Crippen molar-refractivity contribution in [1.29, 1.82) is 5.26 Å². The Hall–Kier alpha value is -1.73. The first kappa shape index (κ1) is 13.3. The van der Waals surface area contributed by atoms with E-state index in [4.69, 9.17) is 20.5 Å². The van der Waals surface area contributed by atoms with Crippen LogP contribution in [0.15, 0.2) is 18.2 Å². The summed E-state index contributed by atoms with van der Waals surface area (Å²) < 4.78 is 12.1. The molecular weight excluding hydrogens is 252 g/mol. The second-order valence-electron chi connectivity index (χ2n) is 5.84. The highest BCUT2D eigenvalue weighted by Gasteiger charge is 2.40. The summed E-state index contributed by atoms with van der Waals surface area (Å²) in [7, 11) is 0. The van der Waals surface area contributed by atoms with Crippen molar-refractivity contribution in [2.24, 2.45) is 0 Å². The molecule has 3 rings (SSSR count). The maximum Gasteiger partial charge on any atom is 0.142 e. The zero-order valence-corrected chi connectivity index (χ0v) is 11.6. The van der Waals surface area contributed by atoms with Crippen LogP contribution in [0.5, 0.6) is 5.75 Å². The van der Waals surface area contributed by atoms with Crippen molar-refractivity contribution >= 4 is 5.69 Å². The number of hydrogen-bond acceptors (Lipinski definition) is 4. The number of anilines is 1. The second kappa shape index (κ2) is 5.34. The SMILES string of the molecule is N#Cc1ccc(OC2CCOC3(CCCC3)C2)c(N)c1. The van der Waals surface area contributed by atoms with E-state index >= 15 is 0 Å². The molecule has 0 aromatic heterocycles. The Morgan fingerprint density at radius 1 is 1.35 bits per heavy atom. The number of nitrogens with zero attached hydrogens (tertiary/aromatic N) is 1. The van der Waals surface area contributed by atoms with Gasteiger partial charge in [-0.1, -0.05) is 12.8 Å². The Bertz CT molecular complexity index is 530. The van der Waals surface area contributed by atoms with Crippen molar-refractivity contribution in [1.82, 2.24) is 0 Å². The number of ether oxygens (including phenoxy) is 2. The van der Waals surface area contributed by atoms with Crippen molar-refractivity contribution in [2.45, 2.75) is 50.2 Å². The summed E-state index contributed by atoms with van der Waals surface area (Å²) in [6.45, 7) is 0.765. The molecule has 0 bridgehead atoms. The Morgan fingerprint density at radius 2 is 2.15 bits per heavy atom. The van der Waals surface area contributed by atoms with Crippen LogP contribution in [0.1, 0.15) is 44.1 Å². The molecule has 1 aromatic carbocycles. The van der Waals surface area contributed by atoms with E-state index in [1.54, 1.807) is 18.2 Å². The maximum absolute atomic E-state index is 8.85. The standard InChI is InChI=1S/C16H20N2O2/c17-11-12-3-4-15(14(18)9-12)20-13-5-8-19-16(10-13)6-1-2-7-16/h3-4,9,13H,1-2,5-8,10,18H2. The van der Waals surface area contributed by atoms with Crippen LogP contribution < -0.4 is 10.5 Å². The van der Waals surface area contributed by atoms with Gasteiger partial charge in [0.2, 0.25) is 0 Å². The number of rotatable bonds is 2. The van der Waals surface area contributed by atoms with Crippen molar-refractivity contribution in [3.63, 3.8) is 0 Å². The molecule has 1 aromatic rings. The average Bonchev–Trinajstić information content (AvgIpc) is 2.89. The molecule has 2 fully saturated rings. The monoisotopic (exact) mass is 272 g/mol. The van der Waals surface area contributed by atoms with E-state index in [9.17, 15) is 0 Å². The summed E-state index contributed by atoms with van der Waals surface area (Å²) in [5, 5.41) is 8.85. The summed E-state index contributed by atoms with van der Waals surface area (Å²) in [5.41, 5.74) is 7.10. The third-order valence-electron chi connectivity index (χ3n) is 4.40. The smallest absolute Gasteiger partial charge is 0.142 e. The van der Waals surface area contributed by atoms with Gasteiger partial charge < -0.3 is 15.2 Å². The van der Waals surface area contributed by atoms with E-state index < -0.39 is 0 Å². The van der Waals surface area contributed by atoms with Crippen LogP contribution in [0.2, 0.25) is 0 Å². The number of nitriles is 1. The molecule has 106 valence electrons. The lowest BCUT2D eigenvalue weighted by Gasteiger charge is -2.38. The van der Waals surface area contributed by atoms with Crippen molar-refractivity contribution in [2.75, 3.05) is 12.3 Å². The highest BCUT2D eigenvalue weighted by atomic mass is 16.5. The molecule has 1 heterocycles. The van der Waals surface area contributed by atoms with Gasteiger partial charge in [-0.15, -0.1) is 0 Å². The van der Waals surface area contributed by atoms with Gasteiger partial charge >= 0.3 is 0 Å². The van der Waals surface area contributed by atoms with E-state index in [-0.39, 0.29) is 11.7 Å². The number of hydrogen-bond donors (Lipinski definition) is 1. The molecular formula is C16H20N2O2. The average molecular weight is 272 g/mol. The van der Waals surface area contributed by atoms with Crippen molar-refractivity contribution in [3.8, 4) is 11.8 Å². The quantitative estimate of drug-likeness (QED) is 0.840. The van der Waals surface area contributed by atoms with Gasteiger partial charge in [0.25, 0.3) is 0 Å². The Morgan fingerprint density at radius 3 is 2.85 bits per heavy atom. The summed E-state index contributed by atoms with van der Waals surface area (Å²) in [4.78, 5) is 0. The molecule has 20 heavy (non-hydrogen) atoms. The van der Waals surface area contributed by atoms with Gasteiger partial charge in [-0.2, -0.15) is 5.26 Å². The molecule has 1 aliphatic heterocycles. The summed E-state index contributed by atoms with van der Waals surface area (Å²) in [6.07, 6.45) is 6.83. The summed E-state index contributed by atoms with van der Waals surface area (Å²) in [5.74, 6) is 0.684. The third kappa shape index (κ3) is 2.59. The van der Waals surface area contributed by atoms with Gasteiger partial charge in [0.15, 0.2) is 0 Å². The normalized spacial score (nSPS) is 24.4. The Kier molecular flexibility index (Phi) is 3.54. The predicted octanol–water partition coefficient (Wildman–Crippen LogP) is 3.01. The van der Waals surface area contributed by atoms with Crippen LogP contribution in [0.25, 0.3) is 0 Å². The zero-order valence-electron chi connectivity index (χ0n) is 11.6. The first-order chi connectivity index (χ1) is 9.71. The Balaban J connectivity index is 1.70. The van der Waals surface area contributed by atoms with Crippen LogP contribution in [-0.2, 0) is 4.74 Å². The molecule has 0 radical (unpaired) electrons. The van der Waals surface area contributed by atoms with E-state index in [0.717, 1.165) is 32.3 Å². The highest BCUT2D eigenvalue weighted by Crippen LogP contribution is 2.41. The molecule has 4 nitrogen and oxygen atoms in total. The molecule has 1 spiro atoms. The van der Waals surface area contributed by atoms with Gasteiger partial charge in [-0.25, -0.2) is 0 Å². The van der Waals surface area contributed by atoms with Gasteiger partial charge in [0.1, 0.15) is 11.9 Å². The molecule has 1 saturated heterocycles. The number of nitrogens with two attached hydrogens (primary N) is 1. The van der Waals surface area contributed by atoms with Crippen LogP contribution in [0, 0.1) is 11.3 Å². The van der Waals surface area contributed by atoms with Crippen molar-refractivity contribution in [3.05, 3.63) is 23.8 Å². The van der Waals surface area contributed by atoms with E-state index in [1.807, 2.05) is 0 Å². The maximum atomic E-state index is 8.85. The minimum Gasteiger partial charge on any atom is -0.488 e. The molecule has 1 saturated carbocycles. The lowest BCUT2D eigenvalue weighted by molar-refractivity contribution is -0.108. The molecule has 0 amide bonds. The highest BCUT2D eigenvalue weighted by molar-refractivity contribution is 5.56. The van der Waals surface area contributed by atoms with E-state index in [0.29, 0.717) is 17.0 Å².